The topological polar surface area (TPSA) is 66.6 Å². The van der Waals surface area contributed by atoms with Crippen molar-refractivity contribution in [1.29, 1.82) is 0 Å². The monoisotopic (exact) mass is 242 g/mol. The summed E-state index contributed by atoms with van der Waals surface area (Å²) in [7, 11) is 0. The molecule has 1 aromatic carbocycles. The van der Waals surface area contributed by atoms with Gasteiger partial charge in [-0.25, -0.2) is 13.6 Å². The smallest absolute Gasteiger partial charge is 0.407 e. The van der Waals surface area contributed by atoms with E-state index in [0.29, 0.717) is 5.56 Å². The molecule has 2 atom stereocenters. The van der Waals surface area contributed by atoms with Crippen LogP contribution in [0.15, 0.2) is 18.2 Å². The number of halogens is 2. The van der Waals surface area contributed by atoms with E-state index in [1.165, 1.54) is 11.0 Å². The van der Waals surface area contributed by atoms with E-state index < -0.39 is 23.8 Å². The van der Waals surface area contributed by atoms with Gasteiger partial charge in [-0.05, 0) is 17.7 Å². The van der Waals surface area contributed by atoms with Crippen molar-refractivity contribution in [3.05, 3.63) is 35.4 Å². The van der Waals surface area contributed by atoms with E-state index in [0.717, 1.165) is 12.1 Å². The minimum Gasteiger partial charge on any atom is -0.465 e. The molecule has 17 heavy (non-hydrogen) atoms. The second-order valence-electron chi connectivity index (χ2n) is 4.13. The van der Waals surface area contributed by atoms with Crippen molar-refractivity contribution in [2.45, 2.75) is 12.0 Å². The molecule has 1 saturated heterocycles. The highest BCUT2D eigenvalue weighted by atomic mass is 19.2. The van der Waals surface area contributed by atoms with Gasteiger partial charge >= 0.3 is 6.09 Å². The van der Waals surface area contributed by atoms with Crippen LogP contribution in [0.5, 0.6) is 0 Å². The molecule has 0 bridgehead atoms. The summed E-state index contributed by atoms with van der Waals surface area (Å²) in [6.45, 7) is 0.417. The fourth-order valence-electron chi connectivity index (χ4n) is 2.08. The van der Waals surface area contributed by atoms with Crippen LogP contribution in [0.2, 0.25) is 0 Å². The van der Waals surface area contributed by atoms with Crippen LogP contribution in [0.25, 0.3) is 0 Å². The molecule has 3 N–H and O–H groups in total. The lowest BCUT2D eigenvalue weighted by molar-refractivity contribution is 0.154. The number of rotatable bonds is 1. The number of amides is 1. The second kappa shape index (κ2) is 4.29. The van der Waals surface area contributed by atoms with Gasteiger partial charge in [-0.2, -0.15) is 0 Å². The van der Waals surface area contributed by atoms with Crippen molar-refractivity contribution in [2.75, 3.05) is 13.1 Å². The average Bonchev–Trinajstić information content (AvgIpc) is 2.65. The summed E-state index contributed by atoms with van der Waals surface area (Å²) in [6.07, 6.45) is -1.05. The highest BCUT2D eigenvalue weighted by Gasteiger charge is 2.34. The third-order valence-electron chi connectivity index (χ3n) is 3.01. The summed E-state index contributed by atoms with van der Waals surface area (Å²) in [4.78, 5) is 12.0. The number of carboxylic acid groups (broad SMARTS) is 1. The Morgan fingerprint density at radius 3 is 2.59 bits per heavy atom. The third-order valence-corrected chi connectivity index (χ3v) is 3.01. The van der Waals surface area contributed by atoms with Crippen LogP contribution >= 0.6 is 0 Å². The maximum atomic E-state index is 13.1. The molecule has 92 valence electrons. The van der Waals surface area contributed by atoms with Gasteiger partial charge in [-0.15, -0.1) is 0 Å². The number of hydrogen-bond acceptors (Lipinski definition) is 2. The maximum Gasteiger partial charge on any atom is 0.407 e. The van der Waals surface area contributed by atoms with E-state index in [1.54, 1.807) is 0 Å². The van der Waals surface area contributed by atoms with Crippen LogP contribution in [0.1, 0.15) is 11.5 Å². The largest absolute Gasteiger partial charge is 0.465 e. The fraction of sp³-hybridized carbons (Fsp3) is 0.364. The van der Waals surface area contributed by atoms with Crippen LogP contribution < -0.4 is 5.73 Å². The zero-order valence-electron chi connectivity index (χ0n) is 8.94. The SMILES string of the molecule is N[C@@H]1CN(C(=O)O)C[C@H]1c1ccc(F)c(F)c1. The molecule has 2 rings (SSSR count). The first kappa shape index (κ1) is 11.8. The quantitative estimate of drug-likeness (QED) is 0.781. The summed E-state index contributed by atoms with van der Waals surface area (Å²) in [5, 5.41) is 8.83. The lowest BCUT2D eigenvalue weighted by Crippen LogP contribution is -2.31. The Bertz CT molecular complexity index is 453. The van der Waals surface area contributed by atoms with Crippen molar-refractivity contribution >= 4 is 6.09 Å². The van der Waals surface area contributed by atoms with Gasteiger partial charge in [-0.3, -0.25) is 0 Å². The summed E-state index contributed by atoms with van der Waals surface area (Å²) < 4.78 is 25.8. The van der Waals surface area contributed by atoms with Crippen molar-refractivity contribution in [3.63, 3.8) is 0 Å². The first-order chi connectivity index (χ1) is 7.99. The lowest BCUT2D eigenvalue weighted by Gasteiger charge is -2.14. The van der Waals surface area contributed by atoms with E-state index >= 15 is 0 Å². The van der Waals surface area contributed by atoms with Crippen molar-refractivity contribution in [1.82, 2.24) is 4.90 Å². The Morgan fingerprint density at radius 1 is 1.35 bits per heavy atom. The number of nitrogens with zero attached hydrogens (tertiary/aromatic N) is 1. The molecule has 1 amide bonds. The molecule has 1 aliphatic heterocycles. The molecule has 4 nitrogen and oxygen atoms in total. The summed E-state index contributed by atoms with van der Waals surface area (Å²) >= 11 is 0. The standard InChI is InChI=1S/C11H12F2N2O2/c12-8-2-1-6(3-9(8)13)7-4-15(11(16)17)5-10(7)14/h1-3,7,10H,4-5,14H2,(H,16,17)/t7-,10+/m0/s1. The van der Waals surface area contributed by atoms with E-state index in [4.69, 9.17) is 10.8 Å². The van der Waals surface area contributed by atoms with Crippen molar-refractivity contribution in [3.8, 4) is 0 Å². The van der Waals surface area contributed by atoms with Gasteiger partial charge in [0.2, 0.25) is 0 Å². The lowest BCUT2D eigenvalue weighted by atomic mass is 9.95. The van der Waals surface area contributed by atoms with Crippen molar-refractivity contribution < 1.29 is 18.7 Å². The van der Waals surface area contributed by atoms with Crippen LogP contribution in [0.4, 0.5) is 13.6 Å². The summed E-state index contributed by atoms with van der Waals surface area (Å²) in [6, 6.07) is 3.15. The van der Waals surface area contributed by atoms with Gasteiger partial charge in [0.25, 0.3) is 0 Å². The van der Waals surface area contributed by atoms with Gasteiger partial charge in [-0.1, -0.05) is 6.07 Å². The van der Waals surface area contributed by atoms with Gasteiger partial charge in [0.1, 0.15) is 0 Å². The Labute approximate surface area is 96.6 Å². The summed E-state index contributed by atoms with van der Waals surface area (Å²) in [5.74, 6) is -2.15. The predicted molar refractivity (Wildman–Crippen MR) is 56.7 cm³/mol. The molecular formula is C11H12F2N2O2. The molecule has 6 heteroatoms. The molecule has 0 spiro atoms. The number of benzene rings is 1. The average molecular weight is 242 g/mol. The molecule has 1 aliphatic rings. The normalized spacial score (nSPS) is 24.1. The van der Waals surface area contributed by atoms with Gasteiger partial charge in [0.15, 0.2) is 11.6 Å². The van der Waals surface area contributed by atoms with Crippen LogP contribution in [0, 0.1) is 11.6 Å². The van der Waals surface area contributed by atoms with Crippen LogP contribution in [-0.4, -0.2) is 35.2 Å². The zero-order chi connectivity index (χ0) is 12.6. The molecule has 0 unspecified atom stereocenters. The first-order valence-corrected chi connectivity index (χ1v) is 5.17. The number of carbonyl (C=O) groups is 1. The Kier molecular flexibility index (Phi) is 2.97. The van der Waals surface area contributed by atoms with E-state index in [1.807, 2.05) is 0 Å². The van der Waals surface area contributed by atoms with Gasteiger partial charge in [0, 0.05) is 25.0 Å². The molecular weight excluding hydrogens is 230 g/mol. The number of nitrogens with two attached hydrogens (primary N) is 1. The Balaban J connectivity index is 2.22. The molecule has 0 aliphatic carbocycles. The maximum absolute atomic E-state index is 13.1. The molecule has 1 fully saturated rings. The summed E-state index contributed by atoms with van der Waals surface area (Å²) in [5.41, 5.74) is 6.33. The molecule has 1 heterocycles. The molecule has 0 radical (unpaired) electrons. The third kappa shape index (κ3) is 2.21. The fourth-order valence-corrected chi connectivity index (χ4v) is 2.08. The highest BCUT2D eigenvalue weighted by molar-refractivity contribution is 5.65. The minimum absolute atomic E-state index is 0.207. The highest BCUT2D eigenvalue weighted by Crippen LogP contribution is 2.27. The predicted octanol–water partition coefficient (Wildman–Crippen LogP) is 1.37. The van der Waals surface area contributed by atoms with Gasteiger partial charge < -0.3 is 15.7 Å². The molecule has 0 saturated carbocycles. The molecule has 1 aromatic rings. The van der Waals surface area contributed by atoms with E-state index in [2.05, 4.69) is 0 Å². The second-order valence-corrected chi connectivity index (χ2v) is 4.13. The number of hydrogen-bond donors (Lipinski definition) is 2. The first-order valence-electron chi connectivity index (χ1n) is 5.17. The van der Waals surface area contributed by atoms with Crippen LogP contribution in [-0.2, 0) is 0 Å². The number of likely N-dealkylation sites (tertiary alicyclic amines) is 1. The zero-order valence-corrected chi connectivity index (χ0v) is 8.94. The van der Waals surface area contributed by atoms with Crippen molar-refractivity contribution in [2.24, 2.45) is 5.73 Å². The molecule has 0 aromatic heterocycles. The van der Waals surface area contributed by atoms with E-state index in [-0.39, 0.29) is 19.0 Å². The Morgan fingerprint density at radius 2 is 2.06 bits per heavy atom. The van der Waals surface area contributed by atoms with E-state index in [9.17, 15) is 13.6 Å². The van der Waals surface area contributed by atoms with Crippen LogP contribution in [0.3, 0.4) is 0 Å². The minimum atomic E-state index is -1.05. The van der Waals surface area contributed by atoms with Gasteiger partial charge in [0.05, 0.1) is 0 Å². The Hall–Kier alpha value is -1.69.